The van der Waals surface area contributed by atoms with Gasteiger partial charge in [0.25, 0.3) is 0 Å². The van der Waals surface area contributed by atoms with E-state index in [1.54, 1.807) is 0 Å². The van der Waals surface area contributed by atoms with Gasteiger partial charge in [-0.05, 0) is 6.58 Å². The van der Waals surface area contributed by atoms with Gasteiger partial charge in [0.1, 0.15) is 6.54 Å². The predicted molar refractivity (Wildman–Crippen MR) is 83.5 cm³/mol. The summed E-state index contributed by atoms with van der Waals surface area (Å²) in [6.45, 7) is 7.46. The average molecular weight is 262 g/mol. The Morgan fingerprint density at radius 3 is 2.05 bits per heavy atom. The highest BCUT2D eigenvalue weighted by Gasteiger charge is 2.18. The van der Waals surface area contributed by atoms with Crippen LogP contribution in [-0.2, 0) is 6.54 Å². The maximum absolute atomic E-state index is 4.02. The second-order valence-electron chi connectivity index (χ2n) is 6.75. The third-order valence-corrected chi connectivity index (χ3v) is 3.58. The Kier molecular flexibility index (Phi) is 5.77. The fourth-order valence-electron chi connectivity index (χ4n) is 2.29. The van der Waals surface area contributed by atoms with Crippen molar-refractivity contribution in [3.63, 3.8) is 0 Å². The third-order valence-electron chi connectivity index (χ3n) is 3.58. The first-order chi connectivity index (χ1) is 8.85. The van der Waals surface area contributed by atoms with Crippen LogP contribution in [0.1, 0.15) is 18.4 Å². The molecule has 0 saturated heterocycles. The molecule has 0 amide bonds. The van der Waals surface area contributed by atoms with Crippen molar-refractivity contribution in [2.45, 2.75) is 19.4 Å². The number of quaternary nitrogens is 2. The molecule has 1 unspecified atom stereocenters. The molecule has 0 spiro atoms. The van der Waals surface area contributed by atoms with Crippen LogP contribution >= 0.6 is 0 Å². The van der Waals surface area contributed by atoms with E-state index in [0.29, 0.717) is 0 Å². The highest BCUT2D eigenvalue weighted by molar-refractivity contribution is 5.13. The first-order valence-corrected chi connectivity index (χ1v) is 7.17. The molecule has 0 aliphatic carbocycles. The predicted octanol–water partition coefficient (Wildman–Crippen LogP) is 3.26. The summed E-state index contributed by atoms with van der Waals surface area (Å²) in [4.78, 5) is 0. The number of benzene rings is 1. The molecule has 0 heterocycles. The highest BCUT2D eigenvalue weighted by atomic mass is 15.3. The largest absolute Gasteiger partial charge is 0.331 e. The number of hydrogen-bond donors (Lipinski definition) is 0. The summed E-state index contributed by atoms with van der Waals surface area (Å²) in [5.41, 5.74) is 1.39. The molecule has 0 bridgehead atoms. The van der Waals surface area contributed by atoms with E-state index in [0.717, 1.165) is 15.5 Å². The van der Waals surface area contributed by atoms with E-state index in [1.807, 2.05) is 0 Å². The van der Waals surface area contributed by atoms with Crippen LogP contribution < -0.4 is 0 Å². The van der Waals surface area contributed by atoms with Crippen LogP contribution in [0.5, 0.6) is 0 Å². The van der Waals surface area contributed by atoms with E-state index in [1.165, 1.54) is 31.5 Å². The number of rotatable bonds is 8. The van der Waals surface area contributed by atoms with Crippen molar-refractivity contribution >= 4 is 0 Å². The van der Waals surface area contributed by atoms with Gasteiger partial charge in [0.05, 0.1) is 47.5 Å². The number of unbranched alkanes of at least 4 members (excludes halogenated alkanes) is 1. The van der Waals surface area contributed by atoms with Crippen LogP contribution in [0.25, 0.3) is 0 Å². The van der Waals surface area contributed by atoms with Gasteiger partial charge in [-0.15, -0.1) is 0 Å². The molecule has 106 valence electrons. The number of hydrogen-bond acceptors (Lipinski definition) is 0. The van der Waals surface area contributed by atoms with Crippen LogP contribution in [0, 0.1) is 0 Å². The fraction of sp³-hybridized carbons (Fsp3) is 0.529. The molecule has 1 aromatic rings. The van der Waals surface area contributed by atoms with Crippen molar-refractivity contribution in [1.82, 2.24) is 0 Å². The topological polar surface area (TPSA) is 0 Å². The van der Waals surface area contributed by atoms with E-state index in [2.05, 4.69) is 71.3 Å². The Balaban J connectivity index is 2.45. The molecule has 1 atom stereocenters. The molecule has 1 aromatic carbocycles. The van der Waals surface area contributed by atoms with Crippen LogP contribution in [0.2, 0.25) is 0 Å². The monoisotopic (exact) mass is 262 g/mol. The van der Waals surface area contributed by atoms with E-state index >= 15 is 0 Å². The molecule has 2 heteroatoms. The zero-order chi connectivity index (χ0) is 14.4. The van der Waals surface area contributed by atoms with Crippen molar-refractivity contribution in [3.8, 4) is 0 Å². The van der Waals surface area contributed by atoms with E-state index < -0.39 is 0 Å². The molecule has 1 rings (SSSR count). The molecule has 0 radical (unpaired) electrons. The molecule has 0 aliphatic rings. The van der Waals surface area contributed by atoms with Crippen molar-refractivity contribution in [1.29, 1.82) is 0 Å². The normalized spacial score (nSPS) is 14.9. The molecule has 19 heavy (non-hydrogen) atoms. The summed E-state index contributed by atoms with van der Waals surface area (Å²) in [5, 5.41) is 0. The lowest BCUT2D eigenvalue weighted by Gasteiger charge is -2.31. The molecule has 0 fully saturated rings. The van der Waals surface area contributed by atoms with Crippen LogP contribution in [0.4, 0.5) is 0 Å². The van der Waals surface area contributed by atoms with Gasteiger partial charge < -0.3 is 4.48 Å². The summed E-state index contributed by atoms with van der Waals surface area (Å²) < 4.78 is 1.97. The Morgan fingerprint density at radius 2 is 1.53 bits per heavy atom. The van der Waals surface area contributed by atoms with Crippen LogP contribution in [0.15, 0.2) is 43.1 Å². The Morgan fingerprint density at radius 1 is 0.947 bits per heavy atom. The lowest BCUT2D eigenvalue weighted by molar-refractivity contribution is -0.878. The van der Waals surface area contributed by atoms with Gasteiger partial charge in [-0.25, -0.2) is 0 Å². The number of nitrogens with zero attached hydrogens (tertiary/aromatic N) is 2. The zero-order valence-corrected chi connectivity index (χ0v) is 13.1. The highest BCUT2D eigenvalue weighted by Crippen LogP contribution is 2.14. The lowest BCUT2D eigenvalue weighted by atomic mass is 10.1. The van der Waals surface area contributed by atoms with E-state index in [4.69, 9.17) is 0 Å². The van der Waals surface area contributed by atoms with Crippen molar-refractivity contribution < 1.29 is 8.97 Å². The minimum Gasteiger partial charge on any atom is -0.331 e. The molecule has 0 saturated carbocycles. The van der Waals surface area contributed by atoms with Crippen LogP contribution in [0.3, 0.4) is 0 Å². The first kappa shape index (κ1) is 15.9. The molecular weight excluding hydrogens is 232 g/mol. The maximum Gasteiger partial charge on any atom is 0.108 e. The standard InChI is InChI=1S/C17H30N2/c1-6-19(5,15-11-10-14-18(2,3)4)16-17-12-8-7-9-13-17/h6-9,12-13H,1,10-11,14-16H2,2-5H3/q+2. The van der Waals surface area contributed by atoms with E-state index in [-0.39, 0.29) is 0 Å². The minimum atomic E-state index is 0.918. The lowest BCUT2D eigenvalue weighted by Crippen LogP contribution is -2.39. The first-order valence-electron chi connectivity index (χ1n) is 7.17. The van der Waals surface area contributed by atoms with Crippen molar-refractivity contribution in [3.05, 3.63) is 48.7 Å². The SMILES string of the molecule is C=C[N+](C)(CCCC[N+](C)(C)C)Cc1ccccc1. The van der Waals surface area contributed by atoms with Gasteiger partial charge in [0.2, 0.25) is 0 Å². The minimum absolute atomic E-state index is 0.918. The average Bonchev–Trinajstić information content (AvgIpc) is 2.35. The molecule has 0 N–H and O–H groups in total. The second-order valence-corrected chi connectivity index (χ2v) is 6.75. The summed E-state index contributed by atoms with van der Waals surface area (Å²) in [6, 6.07) is 10.7. The molecule has 0 aromatic heterocycles. The van der Waals surface area contributed by atoms with Gasteiger partial charge in [-0.1, -0.05) is 30.3 Å². The quantitative estimate of drug-likeness (QED) is 0.498. The van der Waals surface area contributed by atoms with Crippen LogP contribution in [-0.4, -0.2) is 50.2 Å². The third kappa shape index (κ3) is 6.55. The molecule has 0 aliphatic heterocycles. The van der Waals surface area contributed by atoms with Gasteiger partial charge in [0.15, 0.2) is 0 Å². The van der Waals surface area contributed by atoms with Crippen molar-refractivity contribution in [2.75, 3.05) is 41.3 Å². The summed E-state index contributed by atoms with van der Waals surface area (Å²) >= 11 is 0. The van der Waals surface area contributed by atoms with Gasteiger partial charge in [-0.2, -0.15) is 0 Å². The van der Waals surface area contributed by atoms with Crippen molar-refractivity contribution in [2.24, 2.45) is 0 Å². The summed E-state index contributed by atoms with van der Waals surface area (Å²) in [7, 11) is 9.04. The van der Waals surface area contributed by atoms with E-state index in [9.17, 15) is 0 Å². The zero-order valence-electron chi connectivity index (χ0n) is 13.1. The Labute approximate surface area is 119 Å². The Bertz CT molecular complexity index is 378. The van der Waals surface area contributed by atoms with Gasteiger partial charge >= 0.3 is 0 Å². The Hall–Kier alpha value is -1.12. The summed E-state index contributed by atoms with van der Waals surface area (Å²) in [6.07, 6.45) is 4.61. The second kappa shape index (κ2) is 6.88. The fourth-order valence-corrected chi connectivity index (χ4v) is 2.29. The molecule has 2 nitrogen and oxygen atoms in total. The van der Waals surface area contributed by atoms with Gasteiger partial charge in [0, 0.05) is 18.4 Å². The maximum atomic E-state index is 4.02. The summed E-state index contributed by atoms with van der Waals surface area (Å²) in [5.74, 6) is 0. The molecular formula is C17H30N2+2. The van der Waals surface area contributed by atoms with Gasteiger partial charge in [-0.3, -0.25) is 4.48 Å². The smallest absolute Gasteiger partial charge is 0.108 e.